The smallest absolute Gasteiger partial charge is 0.323 e. The Bertz CT molecular complexity index is 432. The van der Waals surface area contributed by atoms with E-state index < -0.39 is 11.5 Å². The Morgan fingerprint density at radius 1 is 1.53 bits per heavy atom. The highest BCUT2D eigenvalue weighted by Crippen LogP contribution is 2.23. The van der Waals surface area contributed by atoms with Crippen molar-refractivity contribution in [2.75, 3.05) is 0 Å². The van der Waals surface area contributed by atoms with Crippen LogP contribution >= 0.6 is 11.6 Å². The number of nitrogens with two attached hydrogens (primary N) is 1. The average molecular weight is 284 g/mol. The van der Waals surface area contributed by atoms with Gasteiger partial charge in [0.1, 0.15) is 5.54 Å². The second-order valence-electron chi connectivity index (χ2n) is 5.37. The van der Waals surface area contributed by atoms with Crippen molar-refractivity contribution in [1.29, 1.82) is 0 Å². The van der Waals surface area contributed by atoms with Gasteiger partial charge in [0.05, 0.1) is 0 Å². The number of hydrogen-bond donors (Lipinski definition) is 2. The fourth-order valence-corrected chi connectivity index (χ4v) is 2.41. The van der Waals surface area contributed by atoms with E-state index in [9.17, 15) is 4.79 Å². The van der Waals surface area contributed by atoms with Gasteiger partial charge in [-0.1, -0.05) is 37.1 Å². The number of aryl methyl sites for hydroxylation is 1. The Morgan fingerprint density at radius 3 is 2.74 bits per heavy atom. The maximum Gasteiger partial charge on any atom is 0.323 e. The minimum Gasteiger partial charge on any atom is -0.480 e. The molecule has 0 aliphatic heterocycles. The molecular weight excluding hydrogens is 262 g/mol. The molecule has 0 aliphatic carbocycles. The normalized spacial score (nSPS) is 15.8. The predicted molar refractivity (Wildman–Crippen MR) is 78.4 cm³/mol. The van der Waals surface area contributed by atoms with E-state index in [1.165, 1.54) is 5.56 Å². The molecule has 106 valence electrons. The summed E-state index contributed by atoms with van der Waals surface area (Å²) in [4.78, 5) is 11.0. The molecule has 0 saturated heterocycles. The van der Waals surface area contributed by atoms with E-state index >= 15 is 0 Å². The Balaban J connectivity index is 2.56. The molecule has 0 aromatic heterocycles. The molecule has 19 heavy (non-hydrogen) atoms. The Kier molecular flexibility index (Phi) is 5.83. The summed E-state index contributed by atoms with van der Waals surface area (Å²) in [6.45, 7) is 3.65. The number of carboxylic acid groups (broad SMARTS) is 1. The lowest BCUT2D eigenvalue weighted by Crippen LogP contribution is -2.46. The third kappa shape index (κ3) is 5.21. The van der Waals surface area contributed by atoms with Crippen LogP contribution in [0.4, 0.5) is 0 Å². The molecule has 0 amide bonds. The highest BCUT2D eigenvalue weighted by Gasteiger charge is 2.30. The summed E-state index contributed by atoms with van der Waals surface area (Å²) in [6.07, 6.45) is 3.26. The zero-order valence-corrected chi connectivity index (χ0v) is 12.3. The van der Waals surface area contributed by atoms with E-state index in [1.54, 1.807) is 6.92 Å². The van der Waals surface area contributed by atoms with E-state index in [0.717, 1.165) is 24.3 Å². The van der Waals surface area contributed by atoms with Crippen LogP contribution in [0.5, 0.6) is 0 Å². The molecule has 0 saturated carbocycles. The highest BCUT2D eigenvalue weighted by molar-refractivity contribution is 6.30. The van der Waals surface area contributed by atoms with E-state index in [4.69, 9.17) is 22.4 Å². The highest BCUT2D eigenvalue weighted by atomic mass is 35.5. The third-order valence-corrected chi connectivity index (χ3v) is 3.74. The number of hydrogen-bond acceptors (Lipinski definition) is 2. The molecule has 2 unspecified atom stereocenters. The van der Waals surface area contributed by atoms with E-state index in [1.807, 2.05) is 24.3 Å². The van der Waals surface area contributed by atoms with Crippen molar-refractivity contribution in [3.63, 3.8) is 0 Å². The van der Waals surface area contributed by atoms with Gasteiger partial charge in [0.2, 0.25) is 0 Å². The number of halogens is 1. The molecule has 2 atom stereocenters. The van der Waals surface area contributed by atoms with Crippen molar-refractivity contribution in [2.45, 2.75) is 45.1 Å². The maximum atomic E-state index is 11.0. The van der Waals surface area contributed by atoms with Crippen molar-refractivity contribution >= 4 is 17.6 Å². The lowest BCUT2D eigenvalue weighted by atomic mass is 9.85. The van der Waals surface area contributed by atoms with E-state index in [0.29, 0.717) is 12.3 Å². The van der Waals surface area contributed by atoms with Crippen LogP contribution in [0.15, 0.2) is 24.3 Å². The molecule has 0 bridgehead atoms. The van der Waals surface area contributed by atoms with Gasteiger partial charge in [0.15, 0.2) is 0 Å². The van der Waals surface area contributed by atoms with Crippen LogP contribution in [0.3, 0.4) is 0 Å². The van der Waals surface area contributed by atoms with Gasteiger partial charge >= 0.3 is 5.97 Å². The minimum atomic E-state index is -1.14. The van der Waals surface area contributed by atoms with Gasteiger partial charge in [-0.25, -0.2) is 0 Å². The molecule has 0 radical (unpaired) electrons. The van der Waals surface area contributed by atoms with Crippen LogP contribution in [0, 0.1) is 5.92 Å². The lowest BCUT2D eigenvalue weighted by Gasteiger charge is -2.25. The Labute approximate surface area is 119 Å². The topological polar surface area (TPSA) is 63.3 Å². The first-order valence-corrected chi connectivity index (χ1v) is 6.99. The summed E-state index contributed by atoms with van der Waals surface area (Å²) in [6, 6.07) is 7.78. The quantitative estimate of drug-likeness (QED) is 0.805. The summed E-state index contributed by atoms with van der Waals surface area (Å²) in [5.41, 5.74) is 5.85. The third-order valence-electron chi connectivity index (χ3n) is 3.51. The van der Waals surface area contributed by atoms with Gasteiger partial charge in [0.25, 0.3) is 0 Å². The second kappa shape index (κ2) is 6.92. The van der Waals surface area contributed by atoms with Crippen molar-refractivity contribution in [3.8, 4) is 0 Å². The number of benzene rings is 1. The SMILES string of the molecule is CCC(CCc1cccc(Cl)c1)CC(C)(N)C(=O)O. The van der Waals surface area contributed by atoms with E-state index in [-0.39, 0.29) is 0 Å². The molecule has 3 N–H and O–H groups in total. The number of aliphatic carboxylic acids is 1. The van der Waals surface area contributed by atoms with Crippen LogP contribution in [-0.4, -0.2) is 16.6 Å². The fourth-order valence-electron chi connectivity index (χ4n) is 2.20. The summed E-state index contributed by atoms with van der Waals surface area (Å²) in [5.74, 6) is -0.626. The number of carboxylic acids is 1. The van der Waals surface area contributed by atoms with E-state index in [2.05, 4.69) is 6.92 Å². The summed E-state index contributed by atoms with van der Waals surface area (Å²) in [5, 5.41) is 9.80. The van der Waals surface area contributed by atoms with Gasteiger partial charge < -0.3 is 10.8 Å². The van der Waals surface area contributed by atoms with Crippen molar-refractivity contribution < 1.29 is 9.90 Å². The molecule has 0 fully saturated rings. The van der Waals surface area contributed by atoms with Crippen molar-refractivity contribution in [3.05, 3.63) is 34.9 Å². The minimum absolute atomic E-state index is 0.310. The van der Waals surface area contributed by atoms with Crippen molar-refractivity contribution in [1.82, 2.24) is 0 Å². The van der Waals surface area contributed by atoms with Gasteiger partial charge in [-0.2, -0.15) is 0 Å². The molecule has 1 aromatic rings. The van der Waals surface area contributed by atoms with Gasteiger partial charge in [-0.3, -0.25) is 4.79 Å². The molecule has 0 heterocycles. The van der Waals surface area contributed by atoms with Crippen molar-refractivity contribution in [2.24, 2.45) is 11.7 Å². The van der Waals surface area contributed by atoms with Crippen LogP contribution in [0.1, 0.15) is 38.7 Å². The predicted octanol–water partition coefficient (Wildman–Crippen LogP) is 3.49. The summed E-state index contributed by atoms with van der Waals surface area (Å²) < 4.78 is 0. The van der Waals surface area contributed by atoms with Crippen LogP contribution in [0.2, 0.25) is 5.02 Å². The first-order chi connectivity index (χ1) is 8.85. The largest absolute Gasteiger partial charge is 0.480 e. The zero-order valence-electron chi connectivity index (χ0n) is 11.5. The monoisotopic (exact) mass is 283 g/mol. The first kappa shape index (κ1) is 16.0. The molecular formula is C15H22ClNO2. The molecule has 0 spiro atoms. The lowest BCUT2D eigenvalue weighted by molar-refractivity contribution is -0.143. The zero-order chi connectivity index (χ0) is 14.5. The van der Waals surface area contributed by atoms with Gasteiger partial charge in [0, 0.05) is 5.02 Å². The number of carbonyl (C=O) groups is 1. The number of rotatable bonds is 7. The summed E-state index contributed by atoms with van der Waals surface area (Å²) in [7, 11) is 0. The first-order valence-electron chi connectivity index (χ1n) is 6.62. The molecule has 4 heteroatoms. The molecule has 3 nitrogen and oxygen atoms in total. The fraction of sp³-hybridized carbons (Fsp3) is 0.533. The Hall–Kier alpha value is -1.06. The average Bonchev–Trinajstić information content (AvgIpc) is 2.34. The standard InChI is InChI=1S/C15H22ClNO2/c1-3-11(10-15(2,17)14(18)19)7-8-12-5-4-6-13(16)9-12/h4-6,9,11H,3,7-8,10,17H2,1-2H3,(H,18,19). The second-order valence-corrected chi connectivity index (χ2v) is 5.81. The van der Waals surface area contributed by atoms with Gasteiger partial charge in [-0.15, -0.1) is 0 Å². The Morgan fingerprint density at radius 2 is 2.21 bits per heavy atom. The molecule has 0 aliphatic rings. The maximum absolute atomic E-state index is 11.0. The summed E-state index contributed by atoms with van der Waals surface area (Å²) >= 11 is 5.94. The van der Waals surface area contributed by atoms with Crippen LogP contribution < -0.4 is 5.73 Å². The van der Waals surface area contributed by atoms with Crippen LogP contribution in [0.25, 0.3) is 0 Å². The molecule has 1 aromatic carbocycles. The van der Waals surface area contributed by atoms with Crippen LogP contribution in [-0.2, 0) is 11.2 Å². The molecule has 1 rings (SSSR count). The van der Waals surface area contributed by atoms with Gasteiger partial charge in [-0.05, 0) is 49.8 Å².